The van der Waals surface area contributed by atoms with Crippen molar-refractivity contribution in [3.63, 3.8) is 0 Å². The van der Waals surface area contributed by atoms with Crippen LogP contribution in [0.15, 0.2) is 24.3 Å². The van der Waals surface area contributed by atoms with Crippen LogP contribution in [0.3, 0.4) is 0 Å². The fourth-order valence-electron chi connectivity index (χ4n) is 3.08. The fraction of sp³-hybridized carbons (Fsp3) is 0.625. The van der Waals surface area contributed by atoms with E-state index in [4.69, 9.17) is 0 Å². The third kappa shape index (κ3) is 2.71. The van der Waals surface area contributed by atoms with E-state index in [2.05, 4.69) is 45.0 Å². The number of aryl methyl sites for hydroxylation is 1. The Kier molecular flexibility index (Phi) is 3.58. The molecule has 1 fully saturated rings. The Labute approximate surface area is 105 Å². The predicted molar refractivity (Wildman–Crippen MR) is 72.0 cm³/mol. The first kappa shape index (κ1) is 12.6. The van der Waals surface area contributed by atoms with Gasteiger partial charge in [-0.25, -0.2) is 0 Å². The molecule has 3 atom stereocenters. The molecule has 17 heavy (non-hydrogen) atoms. The van der Waals surface area contributed by atoms with Crippen molar-refractivity contribution in [1.29, 1.82) is 0 Å². The minimum atomic E-state index is -0.487. The maximum Gasteiger partial charge on any atom is 0.0713 e. The van der Waals surface area contributed by atoms with E-state index in [1.165, 1.54) is 11.1 Å². The molecule has 1 heteroatoms. The fourth-order valence-corrected chi connectivity index (χ4v) is 3.08. The molecular weight excluding hydrogens is 208 g/mol. The van der Waals surface area contributed by atoms with Crippen LogP contribution in [-0.4, -0.2) is 10.7 Å². The first-order valence-electron chi connectivity index (χ1n) is 6.78. The van der Waals surface area contributed by atoms with Gasteiger partial charge in [-0.1, -0.05) is 38.1 Å². The Bertz CT molecular complexity index is 385. The molecule has 1 N–H and O–H groups in total. The Morgan fingerprint density at radius 3 is 2.65 bits per heavy atom. The highest BCUT2D eigenvalue weighted by Gasteiger charge is 2.38. The highest BCUT2D eigenvalue weighted by molar-refractivity contribution is 5.27. The third-order valence-corrected chi connectivity index (χ3v) is 4.50. The average molecular weight is 232 g/mol. The zero-order valence-electron chi connectivity index (χ0n) is 11.2. The second-order valence-electron chi connectivity index (χ2n) is 5.99. The maximum absolute atomic E-state index is 10.8. The van der Waals surface area contributed by atoms with E-state index in [1.54, 1.807) is 0 Å². The summed E-state index contributed by atoms with van der Waals surface area (Å²) >= 11 is 0. The van der Waals surface area contributed by atoms with Gasteiger partial charge in [-0.05, 0) is 49.1 Å². The predicted octanol–water partition coefficient (Wildman–Crippen LogP) is 3.72. The first-order chi connectivity index (χ1) is 8.01. The third-order valence-electron chi connectivity index (χ3n) is 4.50. The minimum absolute atomic E-state index is 0.408. The largest absolute Gasteiger partial charge is 0.389 e. The molecule has 0 bridgehead atoms. The number of hydrogen-bond donors (Lipinski definition) is 1. The van der Waals surface area contributed by atoms with Gasteiger partial charge in [0.2, 0.25) is 0 Å². The van der Waals surface area contributed by atoms with Crippen LogP contribution in [0.2, 0.25) is 0 Å². The summed E-state index contributed by atoms with van der Waals surface area (Å²) in [5.41, 5.74) is 2.11. The van der Waals surface area contributed by atoms with Crippen molar-refractivity contribution in [2.24, 2.45) is 11.8 Å². The van der Waals surface area contributed by atoms with Gasteiger partial charge in [0.25, 0.3) is 0 Å². The molecule has 1 aliphatic rings. The lowest BCUT2D eigenvalue weighted by Gasteiger charge is -2.41. The summed E-state index contributed by atoms with van der Waals surface area (Å²) < 4.78 is 0. The van der Waals surface area contributed by atoms with Crippen LogP contribution in [-0.2, 0) is 6.42 Å². The molecule has 1 nitrogen and oxygen atoms in total. The van der Waals surface area contributed by atoms with Crippen molar-refractivity contribution in [1.82, 2.24) is 0 Å². The van der Waals surface area contributed by atoms with E-state index in [0.717, 1.165) is 31.6 Å². The Morgan fingerprint density at radius 1 is 1.29 bits per heavy atom. The van der Waals surface area contributed by atoms with E-state index in [1.807, 2.05) is 0 Å². The molecule has 0 amide bonds. The van der Waals surface area contributed by atoms with Gasteiger partial charge in [-0.3, -0.25) is 0 Å². The summed E-state index contributed by atoms with van der Waals surface area (Å²) in [5.74, 6) is 1.17. The van der Waals surface area contributed by atoms with Gasteiger partial charge >= 0.3 is 0 Å². The lowest BCUT2D eigenvalue weighted by Crippen LogP contribution is -2.43. The molecule has 1 aromatic carbocycles. The van der Waals surface area contributed by atoms with Crippen LogP contribution >= 0.6 is 0 Å². The Hall–Kier alpha value is -0.820. The zero-order chi connectivity index (χ0) is 12.5. The molecule has 1 aromatic rings. The molecule has 0 radical (unpaired) electrons. The molecule has 3 unspecified atom stereocenters. The normalized spacial score (nSPS) is 33.6. The van der Waals surface area contributed by atoms with Crippen molar-refractivity contribution < 1.29 is 5.11 Å². The van der Waals surface area contributed by atoms with Crippen LogP contribution < -0.4 is 0 Å². The molecule has 0 aromatic heterocycles. The summed E-state index contributed by atoms with van der Waals surface area (Å²) in [6.45, 7) is 6.63. The van der Waals surface area contributed by atoms with Gasteiger partial charge < -0.3 is 5.11 Å². The van der Waals surface area contributed by atoms with E-state index in [-0.39, 0.29) is 0 Å². The quantitative estimate of drug-likeness (QED) is 0.824. The van der Waals surface area contributed by atoms with Gasteiger partial charge in [0.1, 0.15) is 0 Å². The molecule has 94 valence electrons. The lowest BCUT2D eigenvalue weighted by molar-refractivity contribution is -0.0523. The van der Waals surface area contributed by atoms with Gasteiger partial charge in [0, 0.05) is 6.42 Å². The molecule has 2 rings (SSSR count). The topological polar surface area (TPSA) is 20.2 Å². The average Bonchev–Trinajstić information content (AvgIpc) is 2.28. The minimum Gasteiger partial charge on any atom is -0.389 e. The van der Waals surface area contributed by atoms with Crippen LogP contribution in [0.4, 0.5) is 0 Å². The Morgan fingerprint density at radius 2 is 2.00 bits per heavy atom. The maximum atomic E-state index is 10.8. The van der Waals surface area contributed by atoms with Crippen LogP contribution in [0, 0.1) is 18.8 Å². The second kappa shape index (κ2) is 4.81. The summed E-state index contributed by atoms with van der Waals surface area (Å²) in [6.07, 6.45) is 4.08. The van der Waals surface area contributed by atoms with Crippen LogP contribution in [0.25, 0.3) is 0 Å². The van der Waals surface area contributed by atoms with E-state index < -0.39 is 5.60 Å². The van der Waals surface area contributed by atoms with Crippen LogP contribution in [0.5, 0.6) is 0 Å². The molecular formula is C16H24O. The number of hydrogen-bond acceptors (Lipinski definition) is 1. The first-order valence-corrected chi connectivity index (χ1v) is 6.78. The second-order valence-corrected chi connectivity index (χ2v) is 5.99. The molecule has 1 aliphatic carbocycles. The van der Waals surface area contributed by atoms with Gasteiger partial charge in [-0.2, -0.15) is 0 Å². The summed E-state index contributed by atoms with van der Waals surface area (Å²) in [4.78, 5) is 0. The summed E-state index contributed by atoms with van der Waals surface area (Å²) in [7, 11) is 0. The SMILES string of the molecule is Cc1ccccc1CC1(O)CCC(C)CC1C. The molecule has 1 saturated carbocycles. The van der Waals surface area contributed by atoms with Gasteiger partial charge in [0.05, 0.1) is 5.60 Å². The van der Waals surface area contributed by atoms with E-state index in [9.17, 15) is 5.11 Å². The number of benzene rings is 1. The van der Waals surface area contributed by atoms with Gasteiger partial charge in [0.15, 0.2) is 0 Å². The summed E-state index contributed by atoms with van der Waals surface area (Å²) in [6, 6.07) is 8.42. The molecule has 0 heterocycles. The highest BCUT2D eigenvalue weighted by atomic mass is 16.3. The van der Waals surface area contributed by atoms with Crippen molar-refractivity contribution in [2.45, 2.75) is 52.1 Å². The Balaban J connectivity index is 2.15. The van der Waals surface area contributed by atoms with Gasteiger partial charge in [-0.15, -0.1) is 0 Å². The standard InChI is InChI=1S/C16H24O/c1-12-8-9-16(17,14(3)10-12)11-15-7-5-4-6-13(15)2/h4-7,12,14,17H,8-11H2,1-3H3. The number of rotatable bonds is 2. The molecule has 0 saturated heterocycles. The van der Waals surface area contributed by atoms with Crippen molar-refractivity contribution in [2.75, 3.05) is 0 Å². The van der Waals surface area contributed by atoms with Crippen molar-refractivity contribution >= 4 is 0 Å². The van der Waals surface area contributed by atoms with Crippen LogP contribution in [0.1, 0.15) is 44.2 Å². The highest BCUT2D eigenvalue weighted by Crippen LogP contribution is 2.39. The lowest BCUT2D eigenvalue weighted by atomic mass is 9.69. The summed E-state index contributed by atoms with van der Waals surface area (Å²) in [5, 5.41) is 10.8. The molecule has 0 spiro atoms. The van der Waals surface area contributed by atoms with Crippen molar-refractivity contribution in [3.8, 4) is 0 Å². The van der Waals surface area contributed by atoms with E-state index in [0.29, 0.717) is 5.92 Å². The smallest absolute Gasteiger partial charge is 0.0713 e. The van der Waals surface area contributed by atoms with Crippen molar-refractivity contribution in [3.05, 3.63) is 35.4 Å². The number of aliphatic hydroxyl groups is 1. The van der Waals surface area contributed by atoms with E-state index >= 15 is 0 Å². The monoisotopic (exact) mass is 232 g/mol. The zero-order valence-corrected chi connectivity index (χ0v) is 11.2. The molecule has 0 aliphatic heterocycles.